The summed E-state index contributed by atoms with van der Waals surface area (Å²) in [6.45, 7) is 7.58. The van der Waals surface area contributed by atoms with Crippen LogP contribution in [0.1, 0.15) is 47.5 Å². The predicted molar refractivity (Wildman–Crippen MR) is 82.6 cm³/mol. The Morgan fingerprint density at radius 2 is 1.74 bits per heavy atom. The Morgan fingerprint density at radius 1 is 1.17 bits per heavy atom. The van der Waals surface area contributed by atoms with E-state index in [1.54, 1.807) is 20.8 Å². The summed E-state index contributed by atoms with van der Waals surface area (Å²) in [5, 5.41) is 4.84. The molecule has 0 fully saturated rings. The van der Waals surface area contributed by atoms with Crippen LogP contribution in [0.4, 0.5) is 9.18 Å². The van der Waals surface area contributed by atoms with E-state index in [2.05, 4.69) is 10.6 Å². The van der Waals surface area contributed by atoms with Gasteiger partial charge in [-0.25, -0.2) is 9.18 Å². The maximum Gasteiger partial charge on any atom is 0.408 e. The molecule has 0 saturated heterocycles. The van der Waals surface area contributed by atoms with E-state index < -0.39 is 41.9 Å². The molecule has 7 nitrogen and oxygen atoms in total. The lowest BCUT2D eigenvalue weighted by Crippen LogP contribution is -2.52. The molecule has 0 aliphatic rings. The van der Waals surface area contributed by atoms with Gasteiger partial charge in [0.05, 0.1) is 12.2 Å². The number of rotatable bonds is 7. The van der Waals surface area contributed by atoms with E-state index in [-0.39, 0.29) is 12.8 Å². The summed E-state index contributed by atoms with van der Waals surface area (Å²) in [5.41, 5.74) is -0.730. The molecule has 0 aromatic carbocycles. The first kappa shape index (κ1) is 21.1. The van der Waals surface area contributed by atoms with Crippen molar-refractivity contribution in [1.29, 1.82) is 0 Å². The Hall–Kier alpha value is -1.86. The smallest absolute Gasteiger partial charge is 0.408 e. The molecule has 0 heterocycles. The van der Waals surface area contributed by atoms with E-state index in [9.17, 15) is 18.8 Å². The molecule has 23 heavy (non-hydrogen) atoms. The normalized spacial score (nSPS) is 15.1. The van der Waals surface area contributed by atoms with Crippen LogP contribution >= 0.6 is 0 Å². The minimum atomic E-state index is -1.26. The van der Waals surface area contributed by atoms with Crippen LogP contribution < -0.4 is 10.6 Å². The second-order valence-electron chi connectivity index (χ2n) is 6.26. The minimum absolute atomic E-state index is 0.0925. The molecule has 0 radical (unpaired) electrons. The summed E-state index contributed by atoms with van der Waals surface area (Å²) in [4.78, 5) is 35.1. The van der Waals surface area contributed by atoms with Gasteiger partial charge in [-0.05, 0) is 40.5 Å². The van der Waals surface area contributed by atoms with Crippen molar-refractivity contribution in [3.63, 3.8) is 0 Å². The highest BCUT2D eigenvalue weighted by molar-refractivity contribution is 5.84. The van der Waals surface area contributed by atoms with Crippen LogP contribution in [0.2, 0.25) is 0 Å². The van der Waals surface area contributed by atoms with Crippen molar-refractivity contribution in [2.75, 3.05) is 7.05 Å². The van der Waals surface area contributed by atoms with Crippen molar-refractivity contribution in [2.24, 2.45) is 0 Å². The Kier molecular flexibility index (Phi) is 8.56. The molecule has 0 bridgehead atoms. The van der Waals surface area contributed by atoms with Crippen molar-refractivity contribution in [3.8, 4) is 0 Å². The number of hydrogen-bond donors (Lipinski definition) is 2. The van der Waals surface area contributed by atoms with E-state index in [0.29, 0.717) is 0 Å². The van der Waals surface area contributed by atoms with Gasteiger partial charge >= 0.3 is 12.1 Å². The molecule has 2 N–H and O–H groups in total. The zero-order valence-corrected chi connectivity index (χ0v) is 14.6. The first-order valence-electron chi connectivity index (χ1n) is 7.48. The highest BCUT2D eigenvalue weighted by atomic mass is 19.1. The van der Waals surface area contributed by atoms with Gasteiger partial charge in [-0.1, -0.05) is 0 Å². The molecule has 0 saturated carbocycles. The SMILES string of the molecule is CNC(=O)C(OC(C)=O)[C@H](CCC(C)F)NC(=O)OC(C)(C)C. The van der Waals surface area contributed by atoms with E-state index in [1.807, 2.05) is 0 Å². The first-order chi connectivity index (χ1) is 10.5. The molecule has 0 aliphatic heterocycles. The summed E-state index contributed by atoms with van der Waals surface area (Å²) in [6, 6.07) is -0.896. The van der Waals surface area contributed by atoms with Crippen molar-refractivity contribution >= 4 is 18.0 Å². The van der Waals surface area contributed by atoms with E-state index >= 15 is 0 Å². The Morgan fingerprint density at radius 3 is 2.13 bits per heavy atom. The number of amides is 2. The molecule has 0 aromatic rings. The first-order valence-corrected chi connectivity index (χ1v) is 7.48. The van der Waals surface area contributed by atoms with Gasteiger partial charge in [0, 0.05) is 14.0 Å². The van der Waals surface area contributed by atoms with Crippen LogP contribution in [0.3, 0.4) is 0 Å². The zero-order chi connectivity index (χ0) is 18.2. The number of ether oxygens (including phenoxy) is 2. The molecule has 0 aliphatic carbocycles. The van der Waals surface area contributed by atoms with Crippen molar-refractivity contribution in [1.82, 2.24) is 10.6 Å². The van der Waals surface area contributed by atoms with Gasteiger partial charge in [0.2, 0.25) is 0 Å². The highest BCUT2D eigenvalue weighted by Gasteiger charge is 2.33. The fourth-order valence-electron chi connectivity index (χ4n) is 1.81. The van der Waals surface area contributed by atoms with Crippen molar-refractivity contribution < 1.29 is 28.2 Å². The molecular formula is C15H27FN2O5. The fraction of sp³-hybridized carbons (Fsp3) is 0.800. The number of nitrogens with one attached hydrogen (secondary N) is 2. The topological polar surface area (TPSA) is 93.7 Å². The highest BCUT2D eigenvalue weighted by Crippen LogP contribution is 2.13. The zero-order valence-electron chi connectivity index (χ0n) is 14.6. The molecule has 2 amide bonds. The molecular weight excluding hydrogens is 307 g/mol. The summed E-state index contributed by atoms with van der Waals surface area (Å²) in [6.07, 6.45) is -2.95. The number of halogens is 1. The third kappa shape index (κ3) is 9.70. The fourth-order valence-corrected chi connectivity index (χ4v) is 1.81. The van der Waals surface area contributed by atoms with E-state index in [1.165, 1.54) is 14.0 Å². The van der Waals surface area contributed by atoms with Crippen LogP contribution in [-0.4, -0.2) is 48.9 Å². The number of carbonyl (C=O) groups excluding carboxylic acids is 3. The van der Waals surface area contributed by atoms with Crippen LogP contribution in [0.25, 0.3) is 0 Å². The number of likely N-dealkylation sites (N-methyl/N-ethyl adjacent to an activating group) is 1. The Balaban J connectivity index is 5.16. The van der Waals surface area contributed by atoms with Gasteiger partial charge in [0.25, 0.3) is 5.91 Å². The van der Waals surface area contributed by atoms with Crippen molar-refractivity contribution in [2.45, 2.75) is 71.4 Å². The van der Waals surface area contributed by atoms with E-state index in [4.69, 9.17) is 9.47 Å². The third-order valence-electron chi connectivity index (χ3n) is 2.74. The molecule has 0 aromatic heterocycles. The summed E-state index contributed by atoms with van der Waals surface area (Å²) < 4.78 is 23.2. The quantitative estimate of drug-likeness (QED) is 0.691. The number of carbonyl (C=O) groups is 3. The minimum Gasteiger partial charge on any atom is -0.450 e. The van der Waals surface area contributed by atoms with Crippen molar-refractivity contribution in [3.05, 3.63) is 0 Å². The monoisotopic (exact) mass is 334 g/mol. The average molecular weight is 334 g/mol. The lowest BCUT2D eigenvalue weighted by molar-refractivity contribution is -0.155. The number of alkyl carbamates (subject to hydrolysis) is 1. The molecule has 134 valence electrons. The van der Waals surface area contributed by atoms with Crippen LogP contribution in [0.15, 0.2) is 0 Å². The van der Waals surface area contributed by atoms with Crippen LogP contribution in [0, 0.1) is 0 Å². The van der Waals surface area contributed by atoms with Gasteiger partial charge in [0.15, 0.2) is 6.10 Å². The van der Waals surface area contributed by atoms with Crippen LogP contribution in [-0.2, 0) is 19.1 Å². The van der Waals surface area contributed by atoms with Gasteiger partial charge in [-0.2, -0.15) is 0 Å². The third-order valence-corrected chi connectivity index (χ3v) is 2.74. The van der Waals surface area contributed by atoms with Gasteiger partial charge < -0.3 is 20.1 Å². The van der Waals surface area contributed by atoms with Crippen LogP contribution in [0.5, 0.6) is 0 Å². The Labute approximate surface area is 136 Å². The summed E-state index contributed by atoms with van der Waals surface area (Å²) in [7, 11) is 1.38. The maximum absolute atomic E-state index is 13.1. The lowest BCUT2D eigenvalue weighted by atomic mass is 10.0. The number of hydrogen-bond acceptors (Lipinski definition) is 5. The molecule has 0 spiro atoms. The molecule has 8 heteroatoms. The van der Waals surface area contributed by atoms with E-state index in [0.717, 1.165) is 6.92 Å². The number of esters is 1. The molecule has 2 unspecified atom stereocenters. The average Bonchev–Trinajstić information content (AvgIpc) is 2.37. The van der Waals surface area contributed by atoms with Gasteiger partial charge in [-0.3, -0.25) is 9.59 Å². The lowest BCUT2D eigenvalue weighted by Gasteiger charge is -2.28. The largest absolute Gasteiger partial charge is 0.450 e. The summed E-state index contributed by atoms with van der Waals surface area (Å²) >= 11 is 0. The Bertz CT molecular complexity index is 421. The number of alkyl halides is 1. The molecule has 0 rings (SSSR count). The second-order valence-corrected chi connectivity index (χ2v) is 6.26. The van der Waals surface area contributed by atoms with Gasteiger partial charge in [0.1, 0.15) is 5.60 Å². The molecule has 3 atom stereocenters. The maximum atomic E-state index is 13.1. The second kappa shape index (κ2) is 9.32. The summed E-state index contributed by atoms with van der Waals surface area (Å²) in [5.74, 6) is -1.27. The van der Waals surface area contributed by atoms with Gasteiger partial charge in [-0.15, -0.1) is 0 Å². The standard InChI is InChI=1S/C15H27FN2O5/c1-9(16)7-8-11(18-14(21)23-15(3,4)5)12(13(20)17-6)22-10(2)19/h9,11-12H,7-8H2,1-6H3,(H,17,20)(H,18,21)/t9?,11-,12?/m0/s1. The predicted octanol–water partition coefficient (Wildman–Crippen LogP) is 1.70.